The highest BCUT2D eigenvalue weighted by Gasteiger charge is 2.11. The third-order valence-electron chi connectivity index (χ3n) is 4.53. The van der Waals surface area contributed by atoms with Gasteiger partial charge in [-0.05, 0) is 53.3 Å². The summed E-state index contributed by atoms with van der Waals surface area (Å²) in [4.78, 5) is 24.6. The molecule has 12 heteroatoms. The van der Waals surface area contributed by atoms with Crippen molar-refractivity contribution in [2.24, 2.45) is 0 Å². The zero-order valence-electron chi connectivity index (χ0n) is 17.3. The molecule has 2 N–H and O–H groups in total. The molecule has 0 saturated carbocycles. The molecule has 1 aromatic carbocycles. The molecule has 0 amide bonds. The number of nitrogens with zero attached hydrogens (tertiary/aromatic N) is 6. The molecule has 0 radical (unpaired) electrons. The molecule has 0 spiro atoms. The number of rotatable bonds is 11. The van der Waals surface area contributed by atoms with Crippen molar-refractivity contribution >= 4 is 52.3 Å². The van der Waals surface area contributed by atoms with Crippen molar-refractivity contribution in [1.29, 1.82) is 0 Å². The van der Waals surface area contributed by atoms with Gasteiger partial charge in [0.2, 0.25) is 5.16 Å². The van der Waals surface area contributed by atoms with Gasteiger partial charge in [0.1, 0.15) is 6.54 Å². The third kappa shape index (κ3) is 5.81. The Balaban J connectivity index is 1.26. The molecule has 0 fully saturated rings. The van der Waals surface area contributed by atoms with Crippen LogP contribution in [0.3, 0.4) is 0 Å². The van der Waals surface area contributed by atoms with Crippen molar-refractivity contribution in [1.82, 2.24) is 35.2 Å². The van der Waals surface area contributed by atoms with E-state index >= 15 is 0 Å². The number of H-pyrrole nitrogens is 1. The number of thioether (sulfide) groups is 3. The number of para-hydroxylation sites is 2. The van der Waals surface area contributed by atoms with Crippen LogP contribution in [0.4, 0.5) is 0 Å². The van der Waals surface area contributed by atoms with E-state index in [4.69, 9.17) is 5.11 Å². The van der Waals surface area contributed by atoms with Crippen molar-refractivity contribution < 1.29 is 9.90 Å². The van der Waals surface area contributed by atoms with Gasteiger partial charge in [-0.1, -0.05) is 35.7 Å². The molecule has 9 nitrogen and oxygen atoms in total. The Morgan fingerprint density at radius 1 is 1.16 bits per heavy atom. The lowest BCUT2D eigenvalue weighted by molar-refractivity contribution is -0.138. The summed E-state index contributed by atoms with van der Waals surface area (Å²) in [6.07, 6.45) is 2.80. The van der Waals surface area contributed by atoms with Crippen LogP contribution in [0.15, 0.2) is 51.7 Å². The summed E-state index contributed by atoms with van der Waals surface area (Å²) in [6, 6.07) is 10.1. The summed E-state index contributed by atoms with van der Waals surface area (Å²) >= 11 is 4.92. The van der Waals surface area contributed by atoms with Crippen LogP contribution in [-0.4, -0.2) is 57.7 Å². The number of aliphatic carboxylic acids is 1. The molecule has 0 aliphatic rings. The minimum absolute atomic E-state index is 0.227. The molecule has 0 saturated heterocycles. The van der Waals surface area contributed by atoms with E-state index in [-0.39, 0.29) is 6.54 Å². The minimum Gasteiger partial charge on any atom is -0.480 e. The fraction of sp³-hybridized carbons (Fsp3) is 0.300. The van der Waals surface area contributed by atoms with Gasteiger partial charge in [0.15, 0.2) is 5.16 Å². The van der Waals surface area contributed by atoms with Gasteiger partial charge in [0, 0.05) is 22.6 Å². The summed E-state index contributed by atoms with van der Waals surface area (Å²) in [7, 11) is 0. The van der Waals surface area contributed by atoms with Gasteiger partial charge in [-0.3, -0.25) is 9.78 Å². The molecule has 3 aromatic heterocycles. The van der Waals surface area contributed by atoms with Crippen LogP contribution in [-0.2, 0) is 17.1 Å². The van der Waals surface area contributed by atoms with E-state index in [9.17, 15) is 4.79 Å². The lowest BCUT2D eigenvalue weighted by atomic mass is 10.2. The highest BCUT2D eigenvalue weighted by Crippen LogP contribution is 2.29. The van der Waals surface area contributed by atoms with Crippen molar-refractivity contribution in [3.63, 3.8) is 0 Å². The largest absolute Gasteiger partial charge is 0.480 e. The predicted molar refractivity (Wildman–Crippen MR) is 126 cm³/mol. The smallest absolute Gasteiger partial charge is 0.325 e. The molecule has 0 aliphatic heterocycles. The summed E-state index contributed by atoms with van der Waals surface area (Å²) in [6.45, 7) is 1.88. The zero-order chi connectivity index (χ0) is 22.3. The zero-order valence-corrected chi connectivity index (χ0v) is 19.7. The van der Waals surface area contributed by atoms with E-state index < -0.39 is 5.97 Å². The Labute approximate surface area is 197 Å². The van der Waals surface area contributed by atoms with E-state index in [1.807, 2.05) is 30.5 Å². The number of fused-ring (bicyclic) bond motifs is 1. The highest BCUT2D eigenvalue weighted by molar-refractivity contribution is 8.00. The lowest BCUT2D eigenvalue weighted by Crippen LogP contribution is -2.11. The molecule has 166 valence electrons. The molecule has 0 bridgehead atoms. The quantitative estimate of drug-likeness (QED) is 0.238. The average molecular weight is 488 g/mol. The second kappa shape index (κ2) is 10.8. The van der Waals surface area contributed by atoms with Crippen LogP contribution >= 0.6 is 35.3 Å². The van der Waals surface area contributed by atoms with Crippen LogP contribution in [0.25, 0.3) is 11.0 Å². The van der Waals surface area contributed by atoms with Crippen LogP contribution < -0.4 is 0 Å². The number of carboxylic acid groups (broad SMARTS) is 1. The SMILES string of the molecule is Cc1c(SCCCSc2nnnn2CC(=O)O)ccnc1CSc1nc2ccccc2[nH]1. The summed E-state index contributed by atoms with van der Waals surface area (Å²) in [5, 5.41) is 21.5. The number of nitrogens with one attached hydrogen (secondary N) is 1. The summed E-state index contributed by atoms with van der Waals surface area (Å²) in [5.74, 6) is 1.54. The fourth-order valence-corrected chi connectivity index (χ4v) is 5.83. The van der Waals surface area contributed by atoms with E-state index in [2.05, 4.69) is 43.5 Å². The number of imidazole rings is 1. The number of carboxylic acids is 1. The van der Waals surface area contributed by atoms with E-state index in [1.54, 1.807) is 23.5 Å². The normalized spacial score (nSPS) is 11.3. The van der Waals surface area contributed by atoms with Crippen LogP contribution in [0.2, 0.25) is 0 Å². The van der Waals surface area contributed by atoms with Gasteiger partial charge < -0.3 is 10.1 Å². The van der Waals surface area contributed by atoms with Gasteiger partial charge in [0.25, 0.3) is 0 Å². The van der Waals surface area contributed by atoms with E-state index in [0.29, 0.717) is 5.16 Å². The maximum atomic E-state index is 10.8. The molecular weight excluding hydrogens is 466 g/mol. The van der Waals surface area contributed by atoms with Crippen molar-refractivity contribution in [3.05, 3.63) is 47.8 Å². The number of carbonyl (C=O) groups is 1. The van der Waals surface area contributed by atoms with Crippen molar-refractivity contribution in [2.45, 2.75) is 40.9 Å². The lowest BCUT2D eigenvalue weighted by Gasteiger charge is -2.09. The van der Waals surface area contributed by atoms with Crippen molar-refractivity contribution in [3.8, 4) is 0 Å². The van der Waals surface area contributed by atoms with E-state index in [0.717, 1.165) is 45.6 Å². The van der Waals surface area contributed by atoms with Gasteiger partial charge in [-0.25, -0.2) is 9.67 Å². The second-order valence-corrected chi connectivity index (χ2v) is 9.95. The Morgan fingerprint density at radius 3 is 2.84 bits per heavy atom. The molecule has 3 heterocycles. The predicted octanol–water partition coefficient (Wildman–Crippen LogP) is 3.90. The molecule has 4 aromatic rings. The number of aromatic amines is 1. The maximum Gasteiger partial charge on any atom is 0.325 e. The van der Waals surface area contributed by atoms with Crippen LogP contribution in [0, 0.1) is 6.92 Å². The first-order valence-electron chi connectivity index (χ1n) is 9.86. The van der Waals surface area contributed by atoms with Gasteiger partial charge >= 0.3 is 5.97 Å². The van der Waals surface area contributed by atoms with Crippen molar-refractivity contribution in [2.75, 3.05) is 11.5 Å². The number of hydrogen-bond acceptors (Lipinski definition) is 9. The van der Waals surface area contributed by atoms with Crippen LogP contribution in [0.1, 0.15) is 17.7 Å². The van der Waals surface area contributed by atoms with Gasteiger partial charge in [-0.2, -0.15) is 0 Å². The first-order valence-corrected chi connectivity index (χ1v) is 12.8. The molecule has 4 rings (SSSR count). The number of aromatic nitrogens is 7. The highest BCUT2D eigenvalue weighted by atomic mass is 32.2. The first kappa shape index (κ1) is 22.6. The molecule has 0 atom stereocenters. The topological polar surface area (TPSA) is 122 Å². The second-order valence-electron chi connectivity index (χ2n) is 6.79. The molecule has 0 unspecified atom stereocenters. The minimum atomic E-state index is -0.961. The van der Waals surface area contributed by atoms with Crippen LogP contribution in [0.5, 0.6) is 0 Å². The van der Waals surface area contributed by atoms with Gasteiger partial charge in [-0.15, -0.1) is 16.9 Å². The standard InChI is InChI=1S/C20H21N7O2S3/c1-13-16(12-32-19-22-14-5-2-3-6-15(14)23-19)21-8-7-17(13)30-9-4-10-31-20-24-25-26-27(20)11-18(28)29/h2-3,5-8H,4,9-12H2,1H3,(H,22,23)(H,28,29). The Bertz CT molecular complexity index is 1180. The fourth-order valence-electron chi connectivity index (χ4n) is 2.93. The summed E-state index contributed by atoms with van der Waals surface area (Å²) in [5.41, 5.74) is 4.26. The van der Waals surface area contributed by atoms with Gasteiger partial charge in [0.05, 0.1) is 16.7 Å². The summed E-state index contributed by atoms with van der Waals surface area (Å²) < 4.78 is 1.30. The Morgan fingerprint density at radius 2 is 2.00 bits per heavy atom. The molecular formula is C20H21N7O2S3. The maximum absolute atomic E-state index is 10.8. The average Bonchev–Trinajstić information content (AvgIpc) is 3.39. The number of pyridine rings is 1. The number of tetrazole rings is 1. The number of benzene rings is 1. The number of hydrogen-bond donors (Lipinski definition) is 2. The third-order valence-corrected chi connectivity index (χ3v) is 7.71. The van der Waals surface area contributed by atoms with E-state index in [1.165, 1.54) is 26.9 Å². The monoisotopic (exact) mass is 487 g/mol. The Kier molecular flexibility index (Phi) is 7.66. The Hall–Kier alpha value is -2.57. The molecule has 0 aliphatic carbocycles. The first-order chi connectivity index (χ1) is 15.6. The molecule has 32 heavy (non-hydrogen) atoms.